The van der Waals surface area contributed by atoms with E-state index >= 15 is 0 Å². The number of hydrogen-bond donors (Lipinski definition) is 1. The van der Waals surface area contributed by atoms with E-state index < -0.39 is 5.78 Å². The van der Waals surface area contributed by atoms with E-state index in [2.05, 4.69) is 0 Å². The number of nitrogens with two attached hydrogens (primary N) is 1. The van der Waals surface area contributed by atoms with Crippen LogP contribution in [0.5, 0.6) is 5.75 Å². The molecule has 2 N–H and O–H groups in total. The predicted octanol–water partition coefficient (Wildman–Crippen LogP) is 1.59. The SMILES string of the molecule is CC(=O)c1ccc(OCC(=O)C(C#N)=C(C)N)cc1. The second-order valence-electron chi connectivity index (χ2n) is 3.96. The van der Waals surface area contributed by atoms with Crippen LogP contribution in [0.2, 0.25) is 0 Å². The van der Waals surface area contributed by atoms with Crippen molar-refractivity contribution in [2.24, 2.45) is 5.73 Å². The number of ketones is 2. The molecule has 0 spiro atoms. The fourth-order valence-electron chi connectivity index (χ4n) is 1.38. The summed E-state index contributed by atoms with van der Waals surface area (Å²) >= 11 is 0. The molecule has 0 aromatic heterocycles. The molecule has 1 aromatic rings. The van der Waals surface area contributed by atoms with Gasteiger partial charge in [-0.05, 0) is 38.1 Å². The molecule has 0 amide bonds. The van der Waals surface area contributed by atoms with Crippen LogP contribution in [-0.2, 0) is 4.79 Å². The summed E-state index contributed by atoms with van der Waals surface area (Å²) in [5, 5.41) is 8.76. The molecular weight excluding hydrogens is 244 g/mol. The van der Waals surface area contributed by atoms with Gasteiger partial charge >= 0.3 is 0 Å². The van der Waals surface area contributed by atoms with Crippen molar-refractivity contribution in [3.05, 3.63) is 41.1 Å². The topological polar surface area (TPSA) is 93.2 Å². The number of Topliss-reactive ketones (excluding diaryl/α,β-unsaturated/α-hetero) is 2. The van der Waals surface area contributed by atoms with Gasteiger partial charge < -0.3 is 10.5 Å². The number of nitriles is 1. The third-order valence-electron chi connectivity index (χ3n) is 2.42. The number of carbonyl (C=O) groups excluding carboxylic acids is 2. The van der Waals surface area contributed by atoms with Crippen molar-refractivity contribution in [1.82, 2.24) is 0 Å². The first-order chi connectivity index (χ1) is 8.95. The van der Waals surface area contributed by atoms with Crippen molar-refractivity contribution < 1.29 is 14.3 Å². The summed E-state index contributed by atoms with van der Waals surface area (Å²) in [6.07, 6.45) is 0. The molecule has 1 rings (SSSR count). The third-order valence-corrected chi connectivity index (χ3v) is 2.42. The Bertz CT molecular complexity index is 561. The average Bonchev–Trinajstić information content (AvgIpc) is 2.37. The third kappa shape index (κ3) is 3.96. The molecule has 0 radical (unpaired) electrons. The zero-order chi connectivity index (χ0) is 14.4. The quantitative estimate of drug-likeness (QED) is 0.492. The van der Waals surface area contributed by atoms with Crippen LogP contribution >= 0.6 is 0 Å². The van der Waals surface area contributed by atoms with Crippen LogP contribution in [-0.4, -0.2) is 18.2 Å². The maximum atomic E-state index is 11.6. The van der Waals surface area contributed by atoms with E-state index in [9.17, 15) is 9.59 Å². The molecule has 19 heavy (non-hydrogen) atoms. The molecule has 98 valence electrons. The Morgan fingerprint density at radius 2 is 1.84 bits per heavy atom. The van der Waals surface area contributed by atoms with Gasteiger partial charge in [0.05, 0.1) is 0 Å². The van der Waals surface area contributed by atoms with Crippen LogP contribution in [0.1, 0.15) is 24.2 Å². The van der Waals surface area contributed by atoms with Crippen molar-refractivity contribution in [1.29, 1.82) is 5.26 Å². The largest absolute Gasteiger partial charge is 0.485 e. The summed E-state index contributed by atoms with van der Waals surface area (Å²) in [4.78, 5) is 22.7. The fraction of sp³-hybridized carbons (Fsp3) is 0.214. The van der Waals surface area contributed by atoms with Crippen molar-refractivity contribution >= 4 is 11.6 Å². The summed E-state index contributed by atoms with van der Waals surface area (Å²) < 4.78 is 5.23. The Kier molecular flexibility index (Phi) is 4.84. The second-order valence-corrected chi connectivity index (χ2v) is 3.96. The fourth-order valence-corrected chi connectivity index (χ4v) is 1.38. The summed E-state index contributed by atoms with van der Waals surface area (Å²) in [5.74, 6) is -0.0699. The predicted molar refractivity (Wildman–Crippen MR) is 69.4 cm³/mol. The molecule has 0 saturated heterocycles. The standard InChI is InChI=1S/C14H14N2O3/c1-9(16)13(7-15)14(18)8-19-12-5-3-11(4-6-12)10(2)17/h3-6H,8,16H2,1-2H3. The second kappa shape index (κ2) is 6.36. The first-order valence-corrected chi connectivity index (χ1v) is 5.59. The Morgan fingerprint density at radius 1 is 1.26 bits per heavy atom. The van der Waals surface area contributed by atoms with Crippen LogP contribution in [0.3, 0.4) is 0 Å². The highest BCUT2D eigenvalue weighted by atomic mass is 16.5. The summed E-state index contributed by atoms with van der Waals surface area (Å²) in [6.45, 7) is 2.68. The number of carbonyl (C=O) groups is 2. The summed E-state index contributed by atoms with van der Waals surface area (Å²) in [5.41, 5.74) is 6.05. The summed E-state index contributed by atoms with van der Waals surface area (Å²) in [6, 6.07) is 8.14. The molecule has 0 aliphatic carbocycles. The Labute approximate surface area is 111 Å². The van der Waals surface area contributed by atoms with Crippen molar-refractivity contribution in [3.63, 3.8) is 0 Å². The van der Waals surface area contributed by atoms with Gasteiger partial charge in [-0.1, -0.05) is 0 Å². The molecule has 5 heteroatoms. The van der Waals surface area contributed by atoms with Crippen molar-refractivity contribution in [2.45, 2.75) is 13.8 Å². The van der Waals surface area contributed by atoms with Crippen LogP contribution in [0.4, 0.5) is 0 Å². The van der Waals surface area contributed by atoms with Gasteiger partial charge in [-0.2, -0.15) is 5.26 Å². The molecular formula is C14H14N2O3. The first-order valence-electron chi connectivity index (χ1n) is 5.59. The van der Waals surface area contributed by atoms with Crippen LogP contribution in [0, 0.1) is 11.3 Å². The molecule has 0 fully saturated rings. The van der Waals surface area contributed by atoms with E-state index in [0.29, 0.717) is 11.3 Å². The Morgan fingerprint density at radius 3 is 2.26 bits per heavy atom. The van der Waals surface area contributed by atoms with Gasteiger partial charge in [-0.25, -0.2) is 0 Å². The van der Waals surface area contributed by atoms with E-state index in [1.54, 1.807) is 30.3 Å². The van der Waals surface area contributed by atoms with Crippen LogP contribution in [0.15, 0.2) is 35.5 Å². The minimum absolute atomic E-state index is 0.0453. The molecule has 0 aliphatic heterocycles. The van der Waals surface area contributed by atoms with Crippen LogP contribution in [0.25, 0.3) is 0 Å². The summed E-state index contributed by atoms with van der Waals surface area (Å²) in [7, 11) is 0. The lowest BCUT2D eigenvalue weighted by Gasteiger charge is -2.06. The van der Waals surface area contributed by atoms with E-state index in [4.69, 9.17) is 15.7 Å². The zero-order valence-electron chi connectivity index (χ0n) is 10.8. The van der Waals surface area contributed by atoms with Gasteiger partial charge in [-0.3, -0.25) is 9.59 Å². The molecule has 0 bridgehead atoms. The van der Waals surface area contributed by atoms with Gasteiger partial charge in [0, 0.05) is 11.3 Å². The smallest absolute Gasteiger partial charge is 0.212 e. The number of allylic oxidation sites excluding steroid dienone is 1. The highest BCUT2D eigenvalue weighted by Gasteiger charge is 2.12. The van der Waals surface area contributed by atoms with Gasteiger partial charge in [-0.15, -0.1) is 0 Å². The van der Waals surface area contributed by atoms with Crippen molar-refractivity contribution in [3.8, 4) is 11.8 Å². The maximum absolute atomic E-state index is 11.6. The van der Waals surface area contributed by atoms with Crippen molar-refractivity contribution in [2.75, 3.05) is 6.61 Å². The van der Waals surface area contributed by atoms with E-state index in [0.717, 1.165) is 0 Å². The van der Waals surface area contributed by atoms with Gasteiger partial charge in [0.1, 0.15) is 17.4 Å². The highest BCUT2D eigenvalue weighted by Crippen LogP contribution is 2.13. The number of benzene rings is 1. The molecule has 0 saturated carbocycles. The monoisotopic (exact) mass is 258 g/mol. The average molecular weight is 258 g/mol. The van der Waals surface area contributed by atoms with E-state index in [-0.39, 0.29) is 23.7 Å². The lowest BCUT2D eigenvalue weighted by molar-refractivity contribution is -0.117. The lowest BCUT2D eigenvalue weighted by Crippen LogP contribution is -2.16. The highest BCUT2D eigenvalue weighted by molar-refractivity contribution is 6.00. The van der Waals surface area contributed by atoms with Gasteiger partial charge in [0.25, 0.3) is 0 Å². The zero-order valence-corrected chi connectivity index (χ0v) is 10.8. The van der Waals surface area contributed by atoms with E-state index in [1.165, 1.54) is 13.8 Å². The Balaban J connectivity index is 2.68. The molecule has 0 aliphatic rings. The van der Waals surface area contributed by atoms with Crippen LogP contribution < -0.4 is 10.5 Å². The minimum Gasteiger partial charge on any atom is -0.485 e. The number of ether oxygens (including phenoxy) is 1. The minimum atomic E-state index is -0.474. The number of rotatable bonds is 5. The number of nitrogens with zero attached hydrogens (tertiary/aromatic N) is 1. The molecule has 1 aromatic carbocycles. The molecule has 0 heterocycles. The normalized spacial score (nSPS) is 11.2. The van der Waals surface area contributed by atoms with Gasteiger partial charge in [0.2, 0.25) is 5.78 Å². The molecule has 0 unspecified atom stereocenters. The number of hydrogen-bond acceptors (Lipinski definition) is 5. The maximum Gasteiger partial charge on any atom is 0.212 e. The Hall–Kier alpha value is -2.61. The molecule has 0 atom stereocenters. The van der Waals surface area contributed by atoms with E-state index in [1.807, 2.05) is 0 Å². The lowest BCUT2D eigenvalue weighted by atomic mass is 10.1. The van der Waals surface area contributed by atoms with Gasteiger partial charge in [0.15, 0.2) is 12.4 Å². The first kappa shape index (κ1) is 14.5. The molecule has 5 nitrogen and oxygen atoms in total.